The van der Waals surface area contributed by atoms with Crippen LogP contribution in [-0.2, 0) is 46.1 Å². The SMILES string of the molecule is CC1=NC(C2CCC(=O)NC2=O)Cc2ccc(C3CCN(C(=O)Nc4cccc(CS(=O)(=O)N5CC[C@H](Nc6cccc(-c7sc(C(=O)OC(C)(C)C)c(OCC(=O)OC(C)(C)C)c7Cl)c6)CC5(C)C)c4)CC3)cc21. The molecule has 0 aliphatic carbocycles. The summed E-state index contributed by atoms with van der Waals surface area (Å²) in [5.74, 6) is -1.96. The van der Waals surface area contributed by atoms with Crippen molar-refractivity contribution in [3.63, 3.8) is 0 Å². The Balaban J connectivity index is 0.851. The van der Waals surface area contributed by atoms with Gasteiger partial charge in [-0.1, -0.05) is 48.0 Å². The zero-order valence-electron chi connectivity index (χ0n) is 44.3. The fourth-order valence-corrected chi connectivity index (χ4v) is 14.0. The highest BCUT2D eigenvalue weighted by molar-refractivity contribution is 7.88. The Morgan fingerprint density at radius 1 is 0.893 bits per heavy atom. The molecule has 4 aliphatic heterocycles. The summed E-state index contributed by atoms with van der Waals surface area (Å²) in [5, 5.41) is 9.24. The van der Waals surface area contributed by atoms with Gasteiger partial charge in [0.2, 0.25) is 21.8 Å². The molecule has 2 unspecified atom stereocenters. The number of amides is 4. The largest absolute Gasteiger partial charge is 0.479 e. The molecule has 19 heteroatoms. The summed E-state index contributed by atoms with van der Waals surface area (Å²) in [5.41, 5.74) is 4.62. The Morgan fingerprint density at radius 3 is 2.29 bits per heavy atom. The Kier molecular flexibility index (Phi) is 16.3. The van der Waals surface area contributed by atoms with Crippen LogP contribution in [-0.4, -0.2) is 108 Å². The van der Waals surface area contributed by atoms with Gasteiger partial charge in [0.25, 0.3) is 0 Å². The van der Waals surface area contributed by atoms with Gasteiger partial charge in [0.1, 0.15) is 16.2 Å². The van der Waals surface area contributed by atoms with Gasteiger partial charge in [0.15, 0.2) is 17.2 Å². The van der Waals surface area contributed by atoms with Crippen molar-refractivity contribution in [2.45, 2.75) is 148 Å². The number of nitrogens with zero attached hydrogens (tertiary/aromatic N) is 3. The lowest BCUT2D eigenvalue weighted by Crippen LogP contribution is -2.55. The second kappa shape index (κ2) is 22.0. The lowest BCUT2D eigenvalue weighted by atomic mass is 9.81. The highest BCUT2D eigenvalue weighted by Crippen LogP contribution is 2.47. The highest BCUT2D eigenvalue weighted by atomic mass is 35.5. The number of halogens is 1. The maximum atomic E-state index is 14.2. The molecule has 8 rings (SSSR count). The van der Waals surface area contributed by atoms with Crippen molar-refractivity contribution in [3.05, 3.63) is 98.9 Å². The van der Waals surface area contributed by atoms with E-state index >= 15 is 0 Å². The standard InChI is InChI=1S/C56H69ClN6O10S2/c1-33-43-28-36(16-17-37(43)29-44(58-33)42-18-19-45(64)61-51(42)66)35-20-23-62(24-21-35)53(68)60-39-14-10-12-34(26-39)32-75(69,70)63-25-22-41(30-56(63,8)9)59-40-15-11-13-38(27-40)49-47(57)48(71-31-46(65)72-54(2,3)4)50(74-49)52(67)73-55(5,6)7/h10-17,26-28,35,41-42,44,59H,18-25,29-32H2,1-9H3,(H,60,68)(H,61,64,66)/t41-,42?,44?/m0/s1. The van der Waals surface area contributed by atoms with Gasteiger partial charge >= 0.3 is 18.0 Å². The summed E-state index contributed by atoms with van der Waals surface area (Å²) in [6.07, 6.45) is 4.12. The molecule has 0 radical (unpaired) electrons. The molecule has 3 fully saturated rings. The number of ether oxygens (including phenoxy) is 3. The molecule has 1 aromatic heterocycles. The van der Waals surface area contributed by atoms with E-state index in [-0.39, 0.29) is 69.7 Å². The molecule has 4 aromatic rings. The smallest absolute Gasteiger partial charge is 0.352 e. The van der Waals surface area contributed by atoms with Gasteiger partial charge in [-0.2, -0.15) is 4.31 Å². The van der Waals surface area contributed by atoms with Crippen LogP contribution >= 0.6 is 22.9 Å². The number of hydrogen-bond donors (Lipinski definition) is 3. The summed E-state index contributed by atoms with van der Waals surface area (Å²) in [6, 6.07) is 20.6. The third-order valence-electron chi connectivity index (χ3n) is 13.9. The van der Waals surface area contributed by atoms with Gasteiger partial charge in [-0.05, 0) is 165 Å². The topological polar surface area (TPSA) is 202 Å². The number of esters is 2. The number of rotatable bonds is 13. The number of nitrogens with one attached hydrogen (secondary N) is 3. The van der Waals surface area contributed by atoms with E-state index in [0.717, 1.165) is 46.7 Å². The zero-order valence-corrected chi connectivity index (χ0v) is 46.7. The molecule has 0 bridgehead atoms. The molecule has 16 nitrogen and oxygen atoms in total. The van der Waals surface area contributed by atoms with Crippen molar-refractivity contribution in [2.24, 2.45) is 10.9 Å². The minimum absolute atomic E-state index is 0.0368. The third-order valence-corrected chi connectivity index (χ3v) is 17.6. The minimum Gasteiger partial charge on any atom is -0.479 e. The first kappa shape index (κ1) is 55.4. The monoisotopic (exact) mass is 1080 g/mol. The Morgan fingerprint density at radius 2 is 1.60 bits per heavy atom. The van der Waals surface area contributed by atoms with Crippen LogP contribution in [0.2, 0.25) is 5.02 Å². The zero-order chi connectivity index (χ0) is 54.2. The molecule has 4 amide bonds. The molecule has 0 saturated carbocycles. The molecule has 3 saturated heterocycles. The number of aliphatic imine (C=N–C) groups is 1. The van der Waals surface area contributed by atoms with Gasteiger partial charge in [0.05, 0.1) is 22.6 Å². The van der Waals surface area contributed by atoms with Crippen molar-refractivity contribution in [2.75, 3.05) is 36.9 Å². The van der Waals surface area contributed by atoms with E-state index in [1.165, 1.54) is 5.56 Å². The molecular formula is C56H69ClN6O10S2. The van der Waals surface area contributed by atoms with E-state index in [2.05, 4.69) is 34.1 Å². The molecular weight excluding hydrogens is 1020 g/mol. The van der Waals surface area contributed by atoms with Gasteiger partial charge in [-0.3, -0.25) is 19.9 Å². The Hall–Kier alpha value is -5.82. The quantitative estimate of drug-likeness (QED) is 0.0850. The maximum absolute atomic E-state index is 14.2. The number of urea groups is 1. The molecule has 5 heterocycles. The van der Waals surface area contributed by atoms with E-state index in [9.17, 15) is 32.4 Å². The number of carbonyl (C=O) groups is 5. The number of thiophene rings is 1. The molecule has 3 N–H and O–H groups in total. The van der Waals surface area contributed by atoms with Crippen LogP contribution in [0, 0.1) is 5.92 Å². The van der Waals surface area contributed by atoms with Crippen molar-refractivity contribution in [1.82, 2.24) is 14.5 Å². The molecule has 402 valence electrons. The summed E-state index contributed by atoms with van der Waals surface area (Å²) < 4.78 is 46.9. The van der Waals surface area contributed by atoms with Crippen LogP contribution in [0.15, 0.2) is 71.7 Å². The number of imide groups is 1. The van der Waals surface area contributed by atoms with Crippen LogP contribution in [0.1, 0.15) is 139 Å². The highest BCUT2D eigenvalue weighted by Gasteiger charge is 2.42. The average molecular weight is 1090 g/mol. The predicted octanol–water partition coefficient (Wildman–Crippen LogP) is 10.1. The summed E-state index contributed by atoms with van der Waals surface area (Å²) >= 11 is 8.03. The van der Waals surface area contributed by atoms with Crippen LogP contribution in [0.25, 0.3) is 10.4 Å². The van der Waals surface area contributed by atoms with Crippen LogP contribution < -0.4 is 20.7 Å². The van der Waals surface area contributed by atoms with E-state index in [1.54, 1.807) is 75.0 Å². The average Bonchev–Trinajstić information content (AvgIpc) is 3.65. The molecule has 3 aromatic carbocycles. The lowest BCUT2D eigenvalue weighted by Gasteiger charge is -2.45. The first-order valence-corrected chi connectivity index (χ1v) is 28.5. The van der Waals surface area contributed by atoms with Crippen molar-refractivity contribution in [1.29, 1.82) is 0 Å². The molecule has 0 spiro atoms. The number of fused-ring (bicyclic) bond motifs is 1. The fraction of sp³-hybridized carbons (Fsp3) is 0.500. The van der Waals surface area contributed by atoms with Crippen LogP contribution in [0.3, 0.4) is 0 Å². The third kappa shape index (κ3) is 13.6. The molecule has 3 atom stereocenters. The van der Waals surface area contributed by atoms with E-state index in [4.69, 9.17) is 30.8 Å². The fourth-order valence-electron chi connectivity index (χ4n) is 10.6. The Labute approximate surface area is 449 Å². The van der Waals surface area contributed by atoms with Gasteiger partial charge in [-0.25, -0.2) is 22.8 Å². The number of anilines is 2. The second-order valence-corrected chi connectivity index (χ2v) is 26.0. The number of piperidine rings is 3. The van der Waals surface area contributed by atoms with Crippen LogP contribution in [0.4, 0.5) is 16.2 Å². The first-order valence-electron chi connectivity index (χ1n) is 25.7. The second-order valence-electron chi connectivity index (χ2n) is 22.7. The van der Waals surface area contributed by atoms with E-state index in [0.29, 0.717) is 66.9 Å². The summed E-state index contributed by atoms with van der Waals surface area (Å²) in [4.78, 5) is 71.3. The van der Waals surface area contributed by atoms with Crippen molar-refractivity contribution < 1.29 is 46.6 Å². The van der Waals surface area contributed by atoms with Gasteiger partial charge < -0.3 is 29.7 Å². The van der Waals surface area contributed by atoms with E-state index < -0.39 is 45.3 Å². The lowest BCUT2D eigenvalue weighted by molar-refractivity contribution is -0.157. The molecule has 75 heavy (non-hydrogen) atoms. The van der Waals surface area contributed by atoms with Crippen molar-refractivity contribution in [3.8, 4) is 16.2 Å². The minimum atomic E-state index is -3.79. The number of likely N-dealkylation sites (tertiary alicyclic amines) is 1. The maximum Gasteiger partial charge on any atom is 0.352 e. The first-order chi connectivity index (χ1) is 35.2. The number of benzene rings is 3. The van der Waals surface area contributed by atoms with Gasteiger partial charge in [0, 0.05) is 54.7 Å². The van der Waals surface area contributed by atoms with Crippen molar-refractivity contribution >= 4 is 79.8 Å². The molecule has 4 aliphatic rings. The number of sulfonamides is 1. The Bertz CT molecular complexity index is 3000. The number of carbonyl (C=O) groups excluding carboxylic acids is 5. The summed E-state index contributed by atoms with van der Waals surface area (Å²) in [7, 11) is -3.79. The van der Waals surface area contributed by atoms with Gasteiger partial charge in [-0.15, -0.1) is 11.3 Å². The van der Waals surface area contributed by atoms with Crippen LogP contribution in [0.5, 0.6) is 5.75 Å². The normalized spacial score (nSPS) is 20.6. The van der Waals surface area contributed by atoms with E-state index in [1.807, 2.05) is 45.0 Å². The predicted molar refractivity (Wildman–Crippen MR) is 292 cm³/mol. The summed E-state index contributed by atoms with van der Waals surface area (Å²) in [6.45, 7) is 17.3. The number of hydrogen-bond acceptors (Lipinski definition) is 13.